The summed E-state index contributed by atoms with van der Waals surface area (Å²) < 4.78 is 36.4. The number of aromatic nitrogens is 1. The van der Waals surface area contributed by atoms with Gasteiger partial charge in [-0.2, -0.15) is 4.31 Å². The van der Waals surface area contributed by atoms with Crippen LogP contribution in [0.15, 0.2) is 9.00 Å². The van der Waals surface area contributed by atoms with E-state index in [1.807, 2.05) is 0 Å². The molecule has 1 aromatic heterocycles. The van der Waals surface area contributed by atoms with Crippen molar-refractivity contribution in [3.63, 3.8) is 0 Å². The summed E-state index contributed by atoms with van der Waals surface area (Å²) >= 11 is 0.709. The van der Waals surface area contributed by atoms with Crippen molar-refractivity contribution in [1.29, 1.82) is 0 Å². The summed E-state index contributed by atoms with van der Waals surface area (Å²) in [7, 11) is -0.599. The molecule has 0 aromatic carbocycles. The zero-order valence-corrected chi connectivity index (χ0v) is 13.5. The smallest absolute Gasteiger partial charge is 0.305 e. The first-order chi connectivity index (χ1) is 9.43. The molecule has 0 spiro atoms. The van der Waals surface area contributed by atoms with Gasteiger partial charge in [0.05, 0.1) is 6.61 Å². The van der Waals surface area contributed by atoms with Gasteiger partial charge in [0, 0.05) is 39.6 Å². The van der Waals surface area contributed by atoms with Gasteiger partial charge in [-0.05, 0) is 13.3 Å². The minimum absolute atomic E-state index is 0.0658. The van der Waals surface area contributed by atoms with Gasteiger partial charge in [0.1, 0.15) is 0 Å². The lowest BCUT2D eigenvalue weighted by atomic mass is 10.4. The van der Waals surface area contributed by atoms with Gasteiger partial charge in [-0.15, -0.1) is 0 Å². The van der Waals surface area contributed by atoms with Gasteiger partial charge in [0.15, 0.2) is 4.21 Å². The Kier molecular flexibility index (Phi) is 6.83. The zero-order chi connectivity index (χ0) is 15.2. The summed E-state index contributed by atoms with van der Waals surface area (Å²) in [6.07, 6.45) is 0.581. The van der Waals surface area contributed by atoms with Crippen molar-refractivity contribution in [1.82, 2.24) is 9.29 Å². The van der Waals surface area contributed by atoms with Crippen molar-refractivity contribution in [2.75, 3.05) is 40.5 Å². The fourth-order valence-corrected chi connectivity index (χ4v) is 4.58. The molecule has 0 radical (unpaired) electrons. The van der Waals surface area contributed by atoms with Crippen molar-refractivity contribution in [2.24, 2.45) is 0 Å². The Morgan fingerprint density at radius 3 is 2.35 bits per heavy atom. The van der Waals surface area contributed by atoms with E-state index in [0.29, 0.717) is 43.2 Å². The number of nitrogens with zero attached hydrogens (tertiary/aromatic N) is 1. The molecule has 0 aliphatic heterocycles. The molecule has 1 rings (SSSR count). The highest BCUT2D eigenvalue weighted by Crippen LogP contribution is 2.21. The van der Waals surface area contributed by atoms with E-state index in [1.165, 1.54) is 11.4 Å². The molecule has 20 heavy (non-hydrogen) atoms. The number of sulfonamides is 1. The van der Waals surface area contributed by atoms with Gasteiger partial charge in [0.25, 0.3) is 10.0 Å². The number of nitrogens with one attached hydrogen (secondary N) is 1. The highest BCUT2D eigenvalue weighted by Gasteiger charge is 2.28. The first kappa shape index (κ1) is 17.3. The molecular formula is C11H20N2O5S2. The van der Waals surface area contributed by atoms with Crippen molar-refractivity contribution < 1.29 is 17.9 Å². The third-order valence-corrected chi connectivity index (χ3v) is 6.14. The van der Waals surface area contributed by atoms with Gasteiger partial charge in [0.2, 0.25) is 0 Å². The minimum Gasteiger partial charge on any atom is -0.385 e. The second-order valence-corrected chi connectivity index (χ2v) is 7.29. The molecular weight excluding hydrogens is 304 g/mol. The van der Waals surface area contributed by atoms with Crippen LogP contribution in [0.2, 0.25) is 0 Å². The van der Waals surface area contributed by atoms with Gasteiger partial charge >= 0.3 is 4.87 Å². The second kappa shape index (κ2) is 7.89. The second-order valence-electron chi connectivity index (χ2n) is 4.17. The van der Waals surface area contributed by atoms with Crippen LogP contribution in [-0.4, -0.2) is 58.2 Å². The summed E-state index contributed by atoms with van der Waals surface area (Å²) in [6.45, 7) is 2.92. The Hall–Kier alpha value is -0.740. The van der Waals surface area contributed by atoms with Crippen LogP contribution in [0.3, 0.4) is 0 Å². The lowest BCUT2D eigenvalue weighted by Crippen LogP contribution is -2.35. The number of rotatable bonds is 9. The van der Waals surface area contributed by atoms with E-state index >= 15 is 0 Å². The van der Waals surface area contributed by atoms with Crippen LogP contribution in [-0.2, 0) is 19.5 Å². The van der Waals surface area contributed by atoms with Gasteiger partial charge in [-0.25, -0.2) is 8.42 Å². The SMILES string of the molecule is COCCCN(CCOC)S(=O)(=O)c1sc(=O)[nH]c1C. The summed E-state index contributed by atoms with van der Waals surface area (Å²) in [5, 5.41) is 0. The fraction of sp³-hybridized carbons (Fsp3) is 0.727. The van der Waals surface area contributed by atoms with Crippen LogP contribution >= 0.6 is 11.3 Å². The normalized spacial score (nSPS) is 12.2. The van der Waals surface area contributed by atoms with E-state index in [2.05, 4.69) is 4.98 Å². The van der Waals surface area contributed by atoms with Crippen molar-refractivity contribution >= 4 is 21.4 Å². The Balaban J connectivity index is 2.97. The molecule has 116 valence electrons. The van der Waals surface area contributed by atoms with Crippen LogP contribution in [0, 0.1) is 6.92 Å². The Bertz CT molecular complexity index is 564. The molecule has 0 unspecified atom stereocenters. The standard InChI is InChI=1S/C11H20N2O5S2/c1-9-10(19-11(14)12-9)20(15,16)13(6-8-18-3)5-4-7-17-2/h4-8H2,1-3H3,(H,12,14). The van der Waals surface area contributed by atoms with E-state index in [-0.39, 0.29) is 15.6 Å². The largest absolute Gasteiger partial charge is 0.385 e. The molecule has 0 amide bonds. The van der Waals surface area contributed by atoms with E-state index in [0.717, 1.165) is 0 Å². The van der Waals surface area contributed by atoms with E-state index < -0.39 is 10.0 Å². The van der Waals surface area contributed by atoms with Crippen molar-refractivity contribution in [3.8, 4) is 0 Å². The molecule has 0 aliphatic rings. The predicted octanol–water partition coefficient (Wildman–Crippen LogP) is 0.418. The van der Waals surface area contributed by atoms with Crippen LogP contribution in [0.5, 0.6) is 0 Å². The third kappa shape index (κ3) is 4.38. The maximum atomic E-state index is 12.5. The molecule has 0 atom stereocenters. The number of ether oxygens (including phenoxy) is 2. The highest BCUT2D eigenvalue weighted by molar-refractivity contribution is 7.91. The molecule has 1 heterocycles. The van der Waals surface area contributed by atoms with Crippen LogP contribution in [0.25, 0.3) is 0 Å². The number of H-pyrrole nitrogens is 1. The molecule has 0 saturated heterocycles. The predicted molar refractivity (Wildman–Crippen MR) is 76.8 cm³/mol. The Morgan fingerprint density at radius 2 is 1.85 bits per heavy atom. The molecule has 0 saturated carbocycles. The van der Waals surface area contributed by atoms with Gasteiger partial charge in [-0.1, -0.05) is 11.3 Å². The van der Waals surface area contributed by atoms with E-state index in [4.69, 9.17) is 9.47 Å². The maximum absolute atomic E-state index is 12.5. The fourth-order valence-electron chi connectivity index (χ4n) is 1.68. The number of thiazole rings is 1. The van der Waals surface area contributed by atoms with Crippen LogP contribution < -0.4 is 4.87 Å². The number of hydrogen-bond donors (Lipinski definition) is 1. The first-order valence-corrected chi connectivity index (χ1v) is 8.37. The molecule has 0 bridgehead atoms. The average Bonchev–Trinajstić information content (AvgIpc) is 2.73. The molecule has 1 N–H and O–H groups in total. The third-order valence-electron chi connectivity index (χ3n) is 2.66. The molecule has 7 nitrogen and oxygen atoms in total. The Labute approximate surface area is 122 Å². The summed E-state index contributed by atoms with van der Waals surface area (Å²) in [6, 6.07) is 0. The number of methoxy groups -OCH3 is 2. The van der Waals surface area contributed by atoms with E-state index in [1.54, 1.807) is 14.0 Å². The highest BCUT2D eigenvalue weighted by atomic mass is 32.2. The maximum Gasteiger partial charge on any atom is 0.305 e. The minimum atomic E-state index is -3.68. The topological polar surface area (TPSA) is 88.7 Å². The summed E-state index contributed by atoms with van der Waals surface area (Å²) in [5.74, 6) is 0. The van der Waals surface area contributed by atoms with Crippen LogP contribution in [0.1, 0.15) is 12.1 Å². The summed E-state index contributed by atoms with van der Waals surface area (Å²) in [4.78, 5) is 13.4. The lowest BCUT2D eigenvalue weighted by Gasteiger charge is -2.21. The zero-order valence-electron chi connectivity index (χ0n) is 11.8. The van der Waals surface area contributed by atoms with Crippen molar-refractivity contribution in [2.45, 2.75) is 17.6 Å². The quantitative estimate of drug-likeness (QED) is 0.665. The molecule has 1 aromatic rings. The molecule has 0 aliphatic carbocycles. The van der Waals surface area contributed by atoms with Gasteiger partial charge in [-0.3, -0.25) is 4.79 Å². The molecule has 0 fully saturated rings. The van der Waals surface area contributed by atoms with Crippen molar-refractivity contribution in [3.05, 3.63) is 15.4 Å². The van der Waals surface area contributed by atoms with Crippen LogP contribution in [0.4, 0.5) is 0 Å². The number of hydrogen-bond acceptors (Lipinski definition) is 6. The number of aromatic amines is 1. The molecule has 9 heteroatoms. The summed E-state index contributed by atoms with van der Waals surface area (Å²) in [5.41, 5.74) is 0.370. The van der Waals surface area contributed by atoms with E-state index in [9.17, 15) is 13.2 Å². The van der Waals surface area contributed by atoms with Gasteiger partial charge < -0.3 is 14.5 Å². The monoisotopic (exact) mass is 324 g/mol. The Morgan fingerprint density at radius 1 is 1.20 bits per heavy atom. The number of aryl methyl sites for hydroxylation is 1. The lowest BCUT2D eigenvalue weighted by molar-refractivity contribution is 0.164. The first-order valence-electron chi connectivity index (χ1n) is 6.11. The average molecular weight is 324 g/mol.